The van der Waals surface area contributed by atoms with Crippen molar-refractivity contribution in [3.05, 3.63) is 71.4 Å². The number of rotatable bonds is 7. The van der Waals surface area contributed by atoms with Gasteiger partial charge in [0.1, 0.15) is 5.76 Å². The summed E-state index contributed by atoms with van der Waals surface area (Å²) in [7, 11) is 0. The Morgan fingerprint density at radius 3 is 2.63 bits per heavy atom. The minimum atomic E-state index is 0.584. The van der Waals surface area contributed by atoms with Gasteiger partial charge in [-0.05, 0) is 45.0 Å². The zero-order valence-corrected chi connectivity index (χ0v) is 16.2. The van der Waals surface area contributed by atoms with Crippen molar-refractivity contribution < 1.29 is 4.42 Å². The first-order valence-electron chi connectivity index (χ1n) is 9.34. The monoisotopic (exact) mass is 365 g/mol. The lowest BCUT2D eigenvalue weighted by Crippen LogP contribution is -2.38. The molecular formula is C21H27N5O. The van der Waals surface area contributed by atoms with Crippen molar-refractivity contribution in [2.24, 2.45) is 4.99 Å². The molecule has 0 atom stereocenters. The molecule has 0 saturated carbocycles. The Hall–Kier alpha value is -3.02. The molecule has 0 bridgehead atoms. The molecule has 1 aromatic carbocycles. The molecule has 0 fully saturated rings. The van der Waals surface area contributed by atoms with Crippen molar-refractivity contribution in [1.82, 2.24) is 20.4 Å². The molecule has 0 saturated heterocycles. The largest absolute Gasteiger partial charge is 0.469 e. The van der Waals surface area contributed by atoms with Crippen molar-refractivity contribution in [2.75, 3.05) is 13.1 Å². The van der Waals surface area contributed by atoms with Crippen molar-refractivity contribution in [1.29, 1.82) is 0 Å². The van der Waals surface area contributed by atoms with Crippen LogP contribution < -0.4 is 10.6 Å². The molecule has 27 heavy (non-hydrogen) atoms. The van der Waals surface area contributed by atoms with Crippen LogP contribution in [0.1, 0.15) is 29.6 Å². The van der Waals surface area contributed by atoms with Gasteiger partial charge in [0, 0.05) is 30.8 Å². The second-order valence-electron chi connectivity index (χ2n) is 6.35. The summed E-state index contributed by atoms with van der Waals surface area (Å²) in [5.74, 6) is 1.77. The van der Waals surface area contributed by atoms with Gasteiger partial charge in [0.15, 0.2) is 5.96 Å². The molecule has 0 aliphatic rings. The Morgan fingerprint density at radius 1 is 1.11 bits per heavy atom. The van der Waals surface area contributed by atoms with E-state index in [1.807, 2.05) is 41.9 Å². The zero-order chi connectivity index (χ0) is 19.1. The molecule has 2 aromatic heterocycles. The number of hydrogen-bond acceptors (Lipinski definition) is 3. The Kier molecular flexibility index (Phi) is 6.30. The van der Waals surface area contributed by atoms with Gasteiger partial charge >= 0.3 is 0 Å². The van der Waals surface area contributed by atoms with Crippen molar-refractivity contribution in [3.8, 4) is 5.69 Å². The standard InChI is InChI=1S/C21H27N5O/c1-4-22-21(23-13-12-19-11-8-14-27-19)24-15-20-16(2)25-26(17(20)3)18-9-6-5-7-10-18/h5-11,14H,4,12-13,15H2,1-3H3,(H2,22,23,24). The SMILES string of the molecule is CCNC(=NCc1c(C)nn(-c2ccccc2)c1C)NCCc1ccco1. The van der Waals surface area contributed by atoms with E-state index in [0.717, 1.165) is 53.9 Å². The number of nitrogens with one attached hydrogen (secondary N) is 2. The Labute approximate surface area is 160 Å². The van der Waals surface area contributed by atoms with Crippen LogP contribution in [-0.2, 0) is 13.0 Å². The zero-order valence-electron chi connectivity index (χ0n) is 16.2. The number of hydrogen-bond donors (Lipinski definition) is 2. The van der Waals surface area contributed by atoms with Gasteiger partial charge in [0.05, 0.1) is 24.2 Å². The first-order chi connectivity index (χ1) is 13.2. The van der Waals surface area contributed by atoms with Crippen LogP contribution in [0.15, 0.2) is 58.1 Å². The topological polar surface area (TPSA) is 67.4 Å². The number of nitrogens with zero attached hydrogens (tertiary/aromatic N) is 3. The van der Waals surface area contributed by atoms with Crippen LogP contribution in [-0.4, -0.2) is 28.8 Å². The molecule has 2 heterocycles. The average molecular weight is 365 g/mol. The molecule has 3 rings (SSSR count). The predicted molar refractivity (Wildman–Crippen MR) is 108 cm³/mol. The molecule has 3 aromatic rings. The van der Waals surface area contributed by atoms with Crippen LogP contribution in [0.5, 0.6) is 0 Å². The van der Waals surface area contributed by atoms with Gasteiger partial charge in [-0.2, -0.15) is 5.10 Å². The summed E-state index contributed by atoms with van der Waals surface area (Å²) in [6.45, 7) is 8.35. The Balaban J connectivity index is 1.69. The maximum Gasteiger partial charge on any atom is 0.191 e. The molecule has 0 radical (unpaired) electrons. The number of guanidine groups is 1. The van der Waals surface area contributed by atoms with E-state index in [0.29, 0.717) is 6.54 Å². The third-order valence-electron chi connectivity index (χ3n) is 4.43. The molecule has 0 spiro atoms. The van der Waals surface area contributed by atoms with Gasteiger partial charge in [-0.25, -0.2) is 9.67 Å². The van der Waals surface area contributed by atoms with E-state index < -0.39 is 0 Å². The van der Waals surface area contributed by atoms with Crippen LogP contribution in [0.3, 0.4) is 0 Å². The van der Waals surface area contributed by atoms with E-state index in [-0.39, 0.29) is 0 Å². The molecule has 0 aliphatic carbocycles. The molecular weight excluding hydrogens is 338 g/mol. The highest BCUT2D eigenvalue weighted by Gasteiger charge is 2.12. The maximum atomic E-state index is 5.37. The maximum absolute atomic E-state index is 5.37. The average Bonchev–Trinajstić information content (AvgIpc) is 3.29. The normalized spacial score (nSPS) is 11.6. The van der Waals surface area contributed by atoms with E-state index >= 15 is 0 Å². The second-order valence-corrected chi connectivity index (χ2v) is 6.35. The molecule has 0 aliphatic heterocycles. The van der Waals surface area contributed by atoms with Gasteiger partial charge in [-0.15, -0.1) is 0 Å². The summed E-state index contributed by atoms with van der Waals surface area (Å²) >= 11 is 0. The predicted octanol–water partition coefficient (Wildman–Crippen LogP) is 3.38. The molecule has 6 heteroatoms. The van der Waals surface area contributed by atoms with Gasteiger partial charge in [-0.1, -0.05) is 18.2 Å². The number of aromatic nitrogens is 2. The summed E-state index contributed by atoms with van der Waals surface area (Å²) in [4.78, 5) is 4.74. The van der Waals surface area contributed by atoms with Crippen molar-refractivity contribution >= 4 is 5.96 Å². The van der Waals surface area contributed by atoms with E-state index in [9.17, 15) is 0 Å². The van der Waals surface area contributed by atoms with E-state index in [1.54, 1.807) is 6.26 Å². The summed E-state index contributed by atoms with van der Waals surface area (Å²) in [6, 6.07) is 14.1. The summed E-state index contributed by atoms with van der Waals surface area (Å²) in [5.41, 5.74) is 4.35. The fraction of sp³-hybridized carbons (Fsp3) is 0.333. The number of aryl methyl sites for hydroxylation is 1. The number of furan rings is 1. The van der Waals surface area contributed by atoms with Crippen molar-refractivity contribution in [2.45, 2.75) is 33.7 Å². The van der Waals surface area contributed by atoms with Crippen LogP contribution >= 0.6 is 0 Å². The van der Waals surface area contributed by atoms with E-state index in [1.165, 1.54) is 0 Å². The molecule has 0 unspecified atom stereocenters. The second kappa shape index (κ2) is 9.07. The summed E-state index contributed by atoms with van der Waals surface area (Å²) in [6.07, 6.45) is 2.52. The molecule has 0 amide bonds. The lowest BCUT2D eigenvalue weighted by atomic mass is 10.2. The van der Waals surface area contributed by atoms with Crippen LogP contribution in [0.4, 0.5) is 0 Å². The first kappa shape index (κ1) is 18.8. The number of benzene rings is 1. The third kappa shape index (κ3) is 4.78. The first-order valence-corrected chi connectivity index (χ1v) is 9.34. The molecule has 142 valence electrons. The lowest BCUT2D eigenvalue weighted by Gasteiger charge is -2.11. The highest BCUT2D eigenvalue weighted by Crippen LogP contribution is 2.18. The number of aliphatic imine (C=N–C) groups is 1. The molecule has 2 N–H and O–H groups in total. The Bertz CT molecular complexity index is 866. The minimum Gasteiger partial charge on any atom is -0.469 e. The van der Waals surface area contributed by atoms with E-state index in [2.05, 4.69) is 36.6 Å². The highest BCUT2D eigenvalue weighted by atomic mass is 16.3. The fourth-order valence-corrected chi connectivity index (χ4v) is 2.98. The fourth-order valence-electron chi connectivity index (χ4n) is 2.98. The van der Waals surface area contributed by atoms with Crippen LogP contribution in [0.2, 0.25) is 0 Å². The van der Waals surface area contributed by atoms with Gasteiger partial charge in [0.2, 0.25) is 0 Å². The minimum absolute atomic E-state index is 0.584. The van der Waals surface area contributed by atoms with Gasteiger partial charge < -0.3 is 15.1 Å². The third-order valence-corrected chi connectivity index (χ3v) is 4.43. The van der Waals surface area contributed by atoms with Crippen molar-refractivity contribution in [3.63, 3.8) is 0 Å². The quantitative estimate of drug-likeness (QED) is 0.498. The molecule has 6 nitrogen and oxygen atoms in total. The van der Waals surface area contributed by atoms with Gasteiger partial charge in [0.25, 0.3) is 0 Å². The lowest BCUT2D eigenvalue weighted by molar-refractivity contribution is 0.507. The summed E-state index contributed by atoms with van der Waals surface area (Å²) < 4.78 is 7.35. The smallest absolute Gasteiger partial charge is 0.191 e. The van der Waals surface area contributed by atoms with Crippen LogP contribution in [0.25, 0.3) is 5.69 Å². The summed E-state index contributed by atoms with van der Waals surface area (Å²) in [5, 5.41) is 11.3. The van der Waals surface area contributed by atoms with Gasteiger partial charge in [-0.3, -0.25) is 0 Å². The van der Waals surface area contributed by atoms with E-state index in [4.69, 9.17) is 14.5 Å². The van der Waals surface area contributed by atoms with Crippen LogP contribution in [0, 0.1) is 13.8 Å². The highest BCUT2D eigenvalue weighted by molar-refractivity contribution is 5.79. The number of para-hydroxylation sites is 1. The Morgan fingerprint density at radius 2 is 1.93 bits per heavy atom.